The van der Waals surface area contributed by atoms with Crippen molar-refractivity contribution in [3.63, 3.8) is 0 Å². The normalized spacial score (nSPS) is 19.8. The van der Waals surface area contributed by atoms with E-state index in [0.29, 0.717) is 23.7 Å². The molecule has 7 heteroatoms. The second-order valence-electron chi connectivity index (χ2n) is 7.38. The molecule has 2 fully saturated rings. The van der Waals surface area contributed by atoms with E-state index in [2.05, 4.69) is 5.32 Å². The molecule has 0 aliphatic carbocycles. The van der Waals surface area contributed by atoms with Crippen LogP contribution >= 0.6 is 11.8 Å². The zero-order chi connectivity index (χ0) is 20.4. The standard InChI is InChI=1S/C22H23N3O3S/c1-15(17-5-3-2-4-6-17)23-21(27)18-9-7-16(8-10-18)11-24-12-20(26)25-14-29-13-19(25)22(24)28/h2-10,15,19H,11-14H2,1H3,(H,23,27)/t15-,19+/m1/s1. The first-order chi connectivity index (χ1) is 14.0. The Balaban J connectivity index is 1.38. The van der Waals surface area contributed by atoms with Gasteiger partial charge in [-0.15, -0.1) is 11.8 Å². The van der Waals surface area contributed by atoms with Crippen LogP contribution in [0.25, 0.3) is 0 Å². The summed E-state index contributed by atoms with van der Waals surface area (Å²) in [5.41, 5.74) is 2.51. The second kappa shape index (κ2) is 8.29. The van der Waals surface area contributed by atoms with Gasteiger partial charge in [-0.25, -0.2) is 0 Å². The Hall–Kier alpha value is -2.80. The van der Waals surface area contributed by atoms with Crippen molar-refractivity contribution in [2.45, 2.75) is 25.6 Å². The first-order valence-corrected chi connectivity index (χ1v) is 10.8. The fourth-order valence-electron chi connectivity index (χ4n) is 3.66. The van der Waals surface area contributed by atoms with Crippen LogP contribution in [0.2, 0.25) is 0 Å². The quantitative estimate of drug-likeness (QED) is 0.824. The summed E-state index contributed by atoms with van der Waals surface area (Å²) < 4.78 is 0. The first-order valence-electron chi connectivity index (χ1n) is 9.63. The molecule has 0 saturated carbocycles. The molecule has 4 rings (SSSR count). The third kappa shape index (κ3) is 4.15. The topological polar surface area (TPSA) is 69.7 Å². The molecule has 3 amide bonds. The lowest BCUT2D eigenvalue weighted by Crippen LogP contribution is -2.57. The molecule has 2 aromatic rings. The zero-order valence-corrected chi connectivity index (χ0v) is 17.0. The summed E-state index contributed by atoms with van der Waals surface area (Å²) in [5, 5.41) is 3.00. The number of nitrogens with zero attached hydrogens (tertiary/aromatic N) is 2. The molecule has 0 bridgehead atoms. The van der Waals surface area contributed by atoms with Crippen LogP contribution in [-0.2, 0) is 16.1 Å². The largest absolute Gasteiger partial charge is 0.346 e. The van der Waals surface area contributed by atoms with Crippen molar-refractivity contribution in [2.75, 3.05) is 18.2 Å². The average Bonchev–Trinajstić information content (AvgIpc) is 3.24. The minimum absolute atomic E-state index is 0.00509. The molecule has 2 saturated heterocycles. The Morgan fingerprint density at radius 2 is 1.86 bits per heavy atom. The van der Waals surface area contributed by atoms with Gasteiger partial charge in [0.15, 0.2) is 0 Å². The van der Waals surface area contributed by atoms with E-state index in [1.807, 2.05) is 49.4 Å². The average molecular weight is 410 g/mol. The predicted molar refractivity (Wildman–Crippen MR) is 112 cm³/mol. The SMILES string of the molecule is C[C@@H](NC(=O)c1ccc(CN2CC(=O)N3CSC[C@H]3C2=O)cc1)c1ccccc1. The van der Waals surface area contributed by atoms with Crippen LogP contribution < -0.4 is 5.32 Å². The van der Waals surface area contributed by atoms with E-state index in [9.17, 15) is 14.4 Å². The van der Waals surface area contributed by atoms with Crippen LogP contribution in [-0.4, -0.2) is 51.7 Å². The molecule has 150 valence electrons. The predicted octanol–water partition coefficient (Wildman–Crippen LogP) is 2.42. The molecule has 1 N–H and O–H groups in total. The molecule has 2 aromatic carbocycles. The van der Waals surface area contributed by atoms with Gasteiger partial charge in [0.05, 0.1) is 11.9 Å². The lowest BCUT2D eigenvalue weighted by Gasteiger charge is -2.35. The summed E-state index contributed by atoms with van der Waals surface area (Å²) in [6.07, 6.45) is 0. The molecule has 0 unspecified atom stereocenters. The number of thioether (sulfide) groups is 1. The second-order valence-corrected chi connectivity index (χ2v) is 8.38. The minimum Gasteiger partial charge on any atom is -0.346 e. The van der Waals surface area contributed by atoms with Crippen LogP contribution in [0.3, 0.4) is 0 Å². The maximum Gasteiger partial charge on any atom is 0.251 e. The van der Waals surface area contributed by atoms with E-state index in [0.717, 1.165) is 11.1 Å². The van der Waals surface area contributed by atoms with Crippen LogP contribution in [0.15, 0.2) is 54.6 Å². The molecule has 0 spiro atoms. The Kier molecular flexibility index (Phi) is 5.58. The number of fused-ring (bicyclic) bond motifs is 1. The molecule has 2 atom stereocenters. The maximum absolute atomic E-state index is 12.6. The van der Waals surface area contributed by atoms with E-state index in [1.54, 1.807) is 33.7 Å². The monoisotopic (exact) mass is 409 g/mol. The molecule has 0 aromatic heterocycles. The van der Waals surface area contributed by atoms with E-state index in [4.69, 9.17) is 0 Å². The molecule has 0 radical (unpaired) electrons. The van der Waals surface area contributed by atoms with Gasteiger partial charge in [-0.2, -0.15) is 0 Å². The number of benzene rings is 2. The summed E-state index contributed by atoms with van der Waals surface area (Å²) in [6, 6.07) is 16.6. The van der Waals surface area contributed by atoms with Crippen molar-refractivity contribution in [3.8, 4) is 0 Å². The van der Waals surface area contributed by atoms with Crippen molar-refractivity contribution in [3.05, 3.63) is 71.3 Å². The Morgan fingerprint density at radius 1 is 1.14 bits per heavy atom. The molecular weight excluding hydrogens is 386 g/mol. The number of piperazine rings is 1. The third-order valence-corrected chi connectivity index (χ3v) is 6.37. The first kappa shape index (κ1) is 19.5. The van der Waals surface area contributed by atoms with Gasteiger partial charge >= 0.3 is 0 Å². The molecule has 2 aliphatic heterocycles. The number of amides is 3. The lowest BCUT2D eigenvalue weighted by atomic mass is 10.1. The van der Waals surface area contributed by atoms with Gasteiger partial charge in [-0.1, -0.05) is 42.5 Å². The van der Waals surface area contributed by atoms with E-state index < -0.39 is 0 Å². The fourth-order valence-corrected chi connectivity index (χ4v) is 4.83. The van der Waals surface area contributed by atoms with E-state index in [-0.39, 0.29) is 36.3 Å². The Bertz CT molecular complexity index is 917. The summed E-state index contributed by atoms with van der Waals surface area (Å²) >= 11 is 1.62. The third-order valence-electron chi connectivity index (χ3n) is 5.36. The number of rotatable bonds is 5. The number of hydrogen-bond donors (Lipinski definition) is 1. The van der Waals surface area contributed by atoms with Crippen molar-refractivity contribution in [1.29, 1.82) is 0 Å². The van der Waals surface area contributed by atoms with Crippen LogP contribution in [0.4, 0.5) is 0 Å². The Morgan fingerprint density at radius 3 is 2.59 bits per heavy atom. The molecule has 29 heavy (non-hydrogen) atoms. The van der Waals surface area contributed by atoms with Crippen LogP contribution in [0, 0.1) is 0 Å². The number of carbonyl (C=O) groups excluding carboxylic acids is 3. The summed E-state index contributed by atoms with van der Waals surface area (Å²) in [5.74, 6) is 1.14. The van der Waals surface area contributed by atoms with Crippen LogP contribution in [0.1, 0.15) is 34.5 Å². The zero-order valence-electron chi connectivity index (χ0n) is 16.2. The highest BCUT2D eigenvalue weighted by Gasteiger charge is 2.42. The molecular formula is C22H23N3O3S. The minimum atomic E-state index is -0.328. The van der Waals surface area contributed by atoms with Gasteiger partial charge in [0.2, 0.25) is 11.8 Å². The summed E-state index contributed by atoms with van der Waals surface area (Å²) in [7, 11) is 0. The van der Waals surface area contributed by atoms with Crippen molar-refractivity contribution >= 4 is 29.5 Å². The molecule has 2 aliphatic rings. The van der Waals surface area contributed by atoms with Crippen molar-refractivity contribution in [1.82, 2.24) is 15.1 Å². The number of hydrogen-bond acceptors (Lipinski definition) is 4. The number of carbonyl (C=O) groups is 3. The van der Waals surface area contributed by atoms with Gasteiger partial charge in [0.1, 0.15) is 12.6 Å². The molecule has 2 heterocycles. The van der Waals surface area contributed by atoms with Gasteiger partial charge in [0.25, 0.3) is 5.91 Å². The van der Waals surface area contributed by atoms with Crippen molar-refractivity contribution in [2.24, 2.45) is 0 Å². The lowest BCUT2D eigenvalue weighted by molar-refractivity contribution is -0.153. The Labute approximate surface area is 174 Å². The highest BCUT2D eigenvalue weighted by Crippen LogP contribution is 2.26. The van der Waals surface area contributed by atoms with Gasteiger partial charge < -0.3 is 15.1 Å². The maximum atomic E-state index is 12.6. The van der Waals surface area contributed by atoms with Gasteiger partial charge in [-0.3, -0.25) is 14.4 Å². The van der Waals surface area contributed by atoms with Gasteiger partial charge in [-0.05, 0) is 30.2 Å². The van der Waals surface area contributed by atoms with Gasteiger partial charge in [0, 0.05) is 17.9 Å². The van der Waals surface area contributed by atoms with Crippen molar-refractivity contribution < 1.29 is 14.4 Å². The summed E-state index contributed by atoms with van der Waals surface area (Å²) in [6.45, 7) is 2.44. The highest BCUT2D eigenvalue weighted by atomic mass is 32.2. The fraction of sp³-hybridized carbons (Fsp3) is 0.318. The van der Waals surface area contributed by atoms with E-state index >= 15 is 0 Å². The smallest absolute Gasteiger partial charge is 0.251 e. The van der Waals surface area contributed by atoms with E-state index in [1.165, 1.54) is 0 Å². The summed E-state index contributed by atoms with van der Waals surface area (Å²) in [4.78, 5) is 40.7. The number of nitrogens with one attached hydrogen (secondary N) is 1. The van der Waals surface area contributed by atoms with Crippen LogP contribution in [0.5, 0.6) is 0 Å². The highest BCUT2D eigenvalue weighted by molar-refractivity contribution is 7.99. The molecule has 6 nitrogen and oxygen atoms in total.